The number of carbonyl (C=O) groups is 1. The van der Waals surface area contributed by atoms with Gasteiger partial charge < -0.3 is 22.1 Å². The highest BCUT2D eigenvalue weighted by atomic mass is 35.5. The highest BCUT2D eigenvalue weighted by Gasteiger charge is 2.33. The number of anilines is 2. The van der Waals surface area contributed by atoms with Gasteiger partial charge in [0.05, 0.1) is 4.90 Å². The molecule has 0 saturated carbocycles. The van der Waals surface area contributed by atoms with Gasteiger partial charge in [-0.2, -0.15) is 13.4 Å². The van der Waals surface area contributed by atoms with Crippen LogP contribution in [-0.2, 0) is 16.6 Å². The molecule has 0 unspecified atom stereocenters. The normalized spacial score (nSPS) is 15.5. The van der Waals surface area contributed by atoms with E-state index in [2.05, 4.69) is 20.6 Å². The summed E-state index contributed by atoms with van der Waals surface area (Å²) < 4.78 is 34.6. The van der Waals surface area contributed by atoms with Crippen molar-refractivity contribution in [1.82, 2.24) is 5.32 Å². The number of halogens is 2. The van der Waals surface area contributed by atoms with Gasteiger partial charge >= 0.3 is 16.3 Å². The first-order valence-corrected chi connectivity index (χ1v) is 11.5. The molecule has 0 aromatic heterocycles. The third kappa shape index (κ3) is 5.90. The molecule has 2 aromatic rings. The molecule has 1 aliphatic rings. The molecular weight excluding hydrogens is 473 g/mol. The van der Waals surface area contributed by atoms with E-state index in [-0.39, 0.29) is 18.5 Å². The van der Waals surface area contributed by atoms with E-state index in [0.29, 0.717) is 22.8 Å². The van der Waals surface area contributed by atoms with E-state index in [1.54, 1.807) is 11.0 Å². The molecule has 1 aliphatic heterocycles. The van der Waals surface area contributed by atoms with Crippen LogP contribution in [0.25, 0.3) is 0 Å². The molecule has 0 atom stereocenters. The van der Waals surface area contributed by atoms with Crippen LogP contribution in [0.4, 0.5) is 20.1 Å². The molecule has 0 radical (unpaired) electrons. The summed E-state index contributed by atoms with van der Waals surface area (Å²) in [6.07, 6.45) is 0.448. The Hall–Kier alpha value is -3.38. The first-order valence-electron chi connectivity index (χ1n) is 9.74. The summed E-state index contributed by atoms with van der Waals surface area (Å²) in [5.41, 5.74) is 12.8. The zero-order valence-corrected chi connectivity index (χ0v) is 19.4. The Bertz CT molecular complexity index is 1230. The smallest absolute Gasteiger partial charge is 0.332 e. The lowest BCUT2D eigenvalue weighted by Crippen LogP contribution is -2.54. The summed E-state index contributed by atoms with van der Waals surface area (Å²) in [6, 6.07) is 9.57. The first kappa shape index (κ1) is 24.3. The molecular formula is C20H23ClFN7O3S. The molecule has 10 nitrogen and oxygen atoms in total. The molecule has 33 heavy (non-hydrogen) atoms. The molecule has 1 heterocycles. The van der Waals surface area contributed by atoms with Gasteiger partial charge in [-0.1, -0.05) is 17.7 Å². The van der Waals surface area contributed by atoms with Crippen LogP contribution >= 0.6 is 11.6 Å². The number of amides is 2. The molecule has 0 aliphatic carbocycles. The van der Waals surface area contributed by atoms with E-state index in [1.165, 1.54) is 12.1 Å². The molecule has 3 rings (SSSR count). The monoisotopic (exact) mass is 495 g/mol. The molecule has 2 aromatic carbocycles. The Balaban J connectivity index is 1.58. The fourth-order valence-electron chi connectivity index (χ4n) is 3.32. The predicted molar refractivity (Wildman–Crippen MR) is 127 cm³/mol. The summed E-state index contributed by atoms with van der Waals surface area (Å²) >= 11 is 6.44. The van der Waals surface area contributed by atoms with E-state index < -0.39 is 26.8 Å². The molecule has 2 amide bonds. The lowest BCUT2D eigenvalue weighted by atomic mass is 10.1. The van der Waals surface area contributed by atoms with Gasteiger partial charge in [-0.15, -0.1) is 3.89 Å². The van der Waals surface area contributed by atoms with Gasteiger partial charge in [0.15, 0.2) is 0 Å². The van der Waals surface area contributed by atoms with Crippen molar-refractivity contribution in [3.05, 3.63) is 53.1 Å². The second-order valence-corrected chi connectivity index (χ2v) is 9.39. The number of nitrogens with zero attached hydrogens (tertiary/aromatic N) is 3. The van der Waals surface area contributed by atoms with Crippen LogP contribution in [0.1, 0.15) is 19.4 Å². The van der Waals surface area contributed by atoms with Gasteiger partial charge in [-0.05, 0) is 62.2 Å². The number of hydrogen-bond acceptors (Lipinski definition) is 8. The largest absolute Gasteiger partial charge is 0.369 e. The average Bonchev–Trinajstić information content (AvgIpc) is 2.68. The standard InChI is InChI=1S/C20H23ClFN7O3S/c1-20(2)28-17(23)27-18(24)29(20)14-6-3-12(16(21)11-14)9-10-25-19(30)26-13-4-7-15(8-5-13)33(22,31)32/h3-8,11H,9-10H2,1-2H3,(H2,25,26,30)(H4,23,24,27,28). The zero-order valence-electron chi connectivity index (χ0n) is 17.8. The van der Waals surface area contributed by atoms with E-state index >= 15 is 0 Å². The van der Waals surface area contributed by atoms with Gasteiger partial charge in [0, 0.05) is 22.9 Å². The van der Waals surface area contributed by atoms with E-state index in [1.807, 2.05) is 26.0 Å². The quantitative estimate of drug-likeness (QED) is 0.451. The zero-order chi connectivity index (χ0) is 24.4. The lowest BCUT2D eigenvalue weighted by molar-refractivity contribution is 0.252. The molecule has 0 bridgehead atoms. The van der Waals surface area contributed by atoms with Gasteiger partial charge in [0.1, 0.15) is 5.66 Å². The molecule has 6 N–H and O–H groups in total. The molecule has 13 heteroatoms. The van der Waals surface area contributed by atoms with Crippen LogP contribution in [0.5, 0.6) is 0 Å². The highest BCUT2D eigenvalue weighted by molar-refractivity contribution is 7.86. The van der Waals surface area contributed by atoms with Crippen LogP contribution in [0, 0.1) is 0 Å². The van der Waals surface area contributed by atoms with Crippen molar-refractivity contribution >= 4 is 51.1 Å². The molecule has 0 saturated heterocycles. The predicted octanol–water partition coefficient (Wildman–Crippen LogP) is 2.55. The Morgan fingerprint density at radius 2 is 1.85 bits per heavy atom. The Morgan fingerprint density at radius 3 is 2.42 bits per heavy atom. The minimum atomic E-state index is -4.79. The van der Waals surface area contributed by atoms with E-state index in [9.17, 15) is 17.1 Å². The number of guanidine groups is 2. The van der Waals surface area contributed by atoms with Crippen molar-refractivity contribution in [2.24, 2.45) is 21.5 Å². The van der Waals surface area contributed by atoms with Crippen LogP contribution in [0.2, 0.25) is 5.02 Å². The number of hydrogen-bond donors (Lipinski definition) is 4. The van der Waals surface area contributed by atoms with Crippen LogP contribution in [0.15, 0.2) is 57.3 Å². The number of nitrogens with two attached hydrogens (primary N) is 2. The van der Waals surface area contributed by atoms with Crippen molar-refractivity contribution in [3.63, 3.8) is 0 Å². The fourth-order valence-corrected chi connectivity index (χ4v) is 4.05. The third-order valence-corrected chi connectivity index (χ3v) is 5.95. The SMILES string of the molecule is CC1(C)N=C(N)N=C(N)N1c1ccc(CCNC(=O)Nc2ccc(S(=O)(=O)F)cc2)c(Cl)c1. The minimum Gasteiger partial charge on any atom is -0.369 e. The summed E-state index contributed by atoms with van der Waals surface area (Å²) in [5.74, 6) is 0.302. The highest BCUT2D eigenvalue weighted by Crippen LogP contribution is 2.31. The summed E-state index contributed by atoms with van der Waals surface area (Å²) in [6.45, 7) is 3.97. The maximum atomic E-state index is 12.9. The van der Waals surface area contributed by atoms with Crippen molar-refractivity contribution in [1.29, 1.82) is 0 Å². The second kappa shape index (κ2) is 9.24. The van der Waals surface area contributed by atoms with Crippen LogP contribution in [-0.4, -0.2) is 38.6 Å². The summed E-state index contributed by atoms with van der Waals surface area (Å²) in [4.78, 5) is 21.6. The average molecular weight is 496 g/mol. The Morgan fingerprint density at radius 1 is 1.18 bits per heavy atom. The number of urea groups is 1. The number of benzene rings is 2. The fraction of sp³-hybridized carbons (Fsp3) is 0.250. The minimum absolute atomic E-state index is 0.101. The maximum absolute atomic E-state index is 12.9. The van der Waals surface area contributed by atoms with E-state index in [4.69, 9.17) is 23.1 Å². The van der Waals surface area contributed by atoms with Crippen molar-refractivity contribution in [2.45, 2.75) is 30.8 Å². The second-order valence-electron chi connectivity index (χ2n) is 7.64. The maximum Gasteiger partial charge on any atom is 0.332 e. The Labute approximate surface area is 195 Å². The van der Waals surface area contributed by atoms with Crippen molar-refractivity contribution in [3.8, 4) is 0 Å². The van der Waals surface area contributed by atoms with Crippen LogP contribution in [0.3, 0.4) is 0 Å². The van der Waals surface area contributed by atoms with Crippen molar-refractivity contribution in [2.75, 3.05) is 16.8 Å². The molecule has 176 valence electrons. The topological polar surface area (TPSA) is 155 Å². The first-order chi connectivity index (χ1) is 15.4. The third-order valence-electron chi connectivity index (χ3n) is 4.76. The van der Waals surface area contributed by atoms with E-state index in [0.717, 1.165) is 17.7 Å². The lowest BCUT2D eigenvalue weighted by Gasteiger charge is -2.38. The number of carbonyl (C=O) groups excluding carboxylic acids is 1. The van der Waals surface area contributed by atoms with Gasteiger partial charge in [0.25, 0.3) is 0 Å². The van der Waals surface area contributed by atoms with Crippen molar-refractivity contribution < 1.29 is 17.1 Å². The van der Waals surface area contributed by atoms with Gasteiger partial charge in [-0.25, -0.2) is 9.79 Å². The van der Waals surface area contributed by atoms with Gasteiger partial charge in [-0.3, -0.25) is 4.90 Å². The van der Waals surface area contributed by atoms with Gasteiger partial charge in [0.2, 0.25) is 11.9 Å². The summed E-state index contributed by atoms with van der Waals surface area (Å²) in [5, 5.41) is 5.68. The number of rotatable bonds is 6. The Kier molecular flexibility index (Phi) is 6.79. The molecule has 0 fully saturated rings. The molecule has 0 spiro atoms. The number of aliphatic imine (C=N–C) groups is 2. The van der Waals surface area contributed by atoms with Crippen LogP contribution < -0.4 is 27.0 Å². The number of nitrogens with one attached hydrogen (secondary N) is 2. The summed E-state index contributed by atoms with van der Waals surface area (Å²) in [7, 11) is -4.79.